The highest BCUT2D eigenvalue weighted by molar-refractivity contribution is 5.77. The lowest BCUT2D eigenvalue weighted by Crippen LogP contribution is -2.41. The van der Waals surface area contributed by atoms with Crippen molar-refractivity contribution >= 4 is 5.82 Å². The molecule has 1 atom stereocenters. The second kappa shape index (κ2) is 8.15. The SMILES string of the molecule is Nc1ncnc(OCC2CNCCO2)c1-c1cnn(Cc2ccccc2)c1. The molecule has 0 aliphatic carbocycles. The fraction of sp³-hybridized carbons (Fsp3) is 0.316. The van der Waals surface area contributed by atoms with Gasteiger partial charge in [0.15, 0.2) is 0 Å². The molecule has 1 aliphatic rings. The number of ether oxygens (including phenoxy) is 2. The molecule has 27 heavy (non-hydrogen) atoms. The molecule has 1 aliphatic heterocycles. The Hall–Kier alpha value is -2.97. The van der Waals surface area contributed by atoms with Crippen LogP contribution < -0.4 is 15.8 Å². The van der Waals surface area contributed by atoms with Crippen molar-refractivity contribution in [3.63, 3.8) is 0 Å². The maximum Gasteiger partial charge on any atom is 0.226 e. The van der Waals surface area contributed by atoms with Crippen molar-refractivity contribution in [1.29, 1.82) is 0 Å². The molecule has 2 aromatic heterocycles. The predicted octanol–water partition coefficient (Wildman–Crippen LogP) is 1.34. The van der Waals surface area contributed by atoms with Crippen LogP contribution in [0, 0.1) is 0 Å². The van der Waals surface area contributed by atoms with Crippen molar-refractivity contribution in [3.8, 4) is 17.0 Å². The molecule has 3 aromatic rings. The van der Waals surface area contributed by atoms with Crippen LogP contribution in [0.25, 0.3) is 11.1 Å². The summed E-state index contributed by atoms with van der Waals surface area (Å²) in [4.78, 5) is 8.38. The van der Waals surface area contributed by atoms with Crippen LogP contribution in [0.15, 0.2) is 49.1 Å². The summed E-state index contributed by atoms with van der Waals surface area (Å²) in [6.45, 7) is 3.37. The van der Waals surface area contributed by atoms with E-state index in [0.29, 0.717) is 37.0 Å². The number of rotatable bonds is 6. The predicted molar refractivity (Wildman–Crippen MR) is 101 cm³/mol. The topological polar surface area (TPSA) is 100 Å². The Kier molecular flexibility index (Phi) is 5.27. The number of nitrogen functional groups attached to an aromatic ring is 1. The zero-order valence-electron chi connectivity index (χ0n) is 14.9. The first kappa shape index (κ1) is 17.4. The van der Waals surface area contributed by atoms with Gasteiger partial charge in [0.25, 0.3) is 0 Å². The number of nitrogens with two attached hydrogens (primary N) is 1. The highest BCUT2D eigenvalue weighted by Gasteiger charge is 2.19. The van der Waals surface area contributed by atoms with Gasteiger partial charge in [-0.15, -0.1) is 0 Å². The van der Waals surface area contributed by atoms with Crippen LogP contribution in [-0.2, 0) is 11.3 Å². The first-order valence-electron chi connectivity index (χ1n) is 8.92. The molecule has 1 saturated heterocycles. The average molecular weight is 366 g/mol. The van der Waals surface area contributed by atoms with Gasteiger partial charge >= 0.3 is 0 Å². The number of nitrogens with zero attached hydrogens (tertiary/aromatic N) is 4. The minimum Gasteiger partial charge on any atom is -0.474 e. The van der Waals surface area contributed by atoms with Crippen molar-refractivity contribution < 1.29 is 9.47 Å². The number of aromatic nitrogens is 4. The van der Waals surface area contributed by atoms with E-state index in [0.717, 1.165) is 18.7 Å². The third kappa shape index (κ3) is 4.24. The lowest BCUT2D eigenvalue weighted by atomic mass is 10.1. The van der Waals surface area contributed by atoms with Crippen LogP contribution in [0.4, 0.5) is 5.82 Å². The average Bonchev–Trinajstić information content (AvgIpc) is 3.16. The first-order valence-corrected chi connectivity index (χ1v) is 8.92. The first-order chi connectivity index (χ1) is 13.3. The van der Waals surface area contributed by atoms with E-state index in [1.54, 1.807) is 6.20 Å². The van der Waals surface area contributed by atoms with E-state index >= 15 is 0 Å². The molecule has 140 valence electrons. The van der Waals surface area contributed by atoms with E-state index in [4.69, 9.17) is 15.2 Å². The number of benzene rings is 1. The van der Waals surface area contributed by atoms with Gasteiger partial charge in [-0.05, 0) is 5.56 Å². The normalized spacial score (nSPS) is 17.0. The van der Waals surface area contributed by atoms with Crippen molar-refractivity contribution in [2.75, 3.05) is 32.0 Å². The summed E-state index contributed by atoms with van der Waals surface area (Å²) in [5, 5.41) is 7.71. The zero-order chi connectivity index (χ0) is 18.5. The van der Waals surface area contributed by atoms with E-state index in [-0.39, 0.29) is 6.10 Å². The Morgan fingerprint density at radius 1 is 1.26 bits per heavy atom. The maximum atomic E-state index is 6.11. The molecule has 4 rings (SSSR count). The molecule has 0 radical (unpaired) electrons. The molecular weight excluding hydrogens is 344 g/mol. The van der Waals surface area contributed by atoms with Crippen LogP contribution in [0.1, 0.15) is 5.56 Å². The number of anilines is 1. The summed E-state index contributed by atoms with van der Waals surface area (Å²) in [6, 6.07) is 10.1. The number of hydrogen-bond acceptors (Lipinski definition) is 7. The molecule has 0 spiro atoms. The van der Waals surface area contributed by atoms with E-state index in [1.165, 1.54) is 11.9 Å². The molecule has 1 aromatic carbocycles. The standard InChI is InChI=1S/C19H22N6O2/c20-18-17(15-8-24-25(11-15)10-14-4-2-1-3-5-14)19(23-13-22-18)27-12-16-9-21-6-7-26-16/h1-5,8,11,13,16,21H,6-7,9-10,12H2,(H2,20,22,23). The summed E-state index contributed by atoms with van der Waals surface area (Å²) in [5.74, 6) is 0.804. The number of nitrogens with one attached hydrogen (secondary N) is 1. The smallest absolute Gasteiger partial charge is 0.226 e. The van der Waals surface area contributed by atoms with Crippen molar-refractivity contribution in [2.45, 2.75) is 12.6 Å². The van der Waals surface area contributed by atoms with E-state index in [2.05, 4.69) is 32.5 Å². The molecular formula is C19H22N6O2. The van der Waals surface area contributed by atoms with Gasteiger partial charge in [0.05, 0.1) is 24.9 Å². The zero-order valence-corrected chi connectivity index (χ0v) is 14.9. The molecule has 0 amide bonds. The van der Waals surface area contributed by atoms with Crippen LogP contribution in [-0.4, -0.2) is 52.2 Å². The van der Waals surface area contributed by atoms with E-state index in [9.17, 15) is 0 Å². The fourth-order valence-electron chi connectivity index (χ4n) is 3.01. The minimum atomic E-state index is -0.0106. The van der Waals surface area contributed by atoms with Gasteiger partial charge in [0.2, 0.25) is 5.88 Å². The highest BCUT2D eigenvalue weighted by atomic mass is 16.5. The van der Waals surface area contributed by atoms with Gasteiger partial charge in [-0.1, -0.05) is 30.3 Å². The second-order valence-corrected chi connectivity index (χ2v) is 6.36. The second-order valence-electron chi connectivity index (χ2n) is 6.36. The Balaban J connectivity index is 1.52. The van der Waals surface area contributed by atoms with Crippen LogP contribution in [0.3, 0.4) is 0 Å². The van der Waals surface area contributed by atoms with Crippen LogP contribution >= 0.6 is 0 Å². The fourth-order valence-corrected chi connectivity index (χ4v) is 3.01. The summed E-state index contributed by atoms with van der Waals surface area (Å²) in [5.41, 5.74) is 8.76. The summed E-state index contributed by atoms with van der Waals surface area (Å²) >= 11 is 0. The summed E-state index contributed by atoms with van der Waals surface area (Å²) in [7, 11) is 0. The quantitative estimate of drug-likeness (QED) is 0.679. The number of morpholine rings is 1. The summed E-state index contributed by atoms with van der Waals surface area (Å²) in [6.07, 6.45) is 5.07. The molecule has 3 N–H and O–H groups in total. The molecule has 1 unspecified atom stereocenters. The Morgan fingerprint density at radius 3 is 2.96 bits per heavy atom. The third-order valence-corrected chi connectivity index (χ3v) is 4.36. The Morgan fingerprint density at radius 2 is 2.15 bits per heavy atom. The lowest BCUT2D eigenvalue weighted by molar-refractivity contribution is -0.000619. The molecule has 0 bridgehead atoms. The van der Waals surface area contributed by atoms with Crippen LogP contribution in [0.5, 0.6) is 5.88 Å². The molecule has 1 fully saturated rings. The van der Waals surface area contributed by atoms with Gasteiger partial charge in [0.1, 0.15) is 24.9 Å². The van der Waals surface area contributed by atoms with Gasteiger partial charge in [-0.3, -0.25) is 4.68 Å². The van der Waals surface area contributed by atoms with E-state index < -0.39 is 0 Å². The monoisotopic (exact) mass is 366 g/mol. The third-order valence-electron chi connectivity index (χ3n) is 4.36. The van der Waals surface area contributed by atoms with E-state index in [1.807, 2.05) is 29.1 Å². The summed E-state index contributed by atoms with van der Waals surface area (Å²) < 4.78 is 13.4. The Bertz CT molecular complexity index is 877. The molecule has 0 saturated carbocycles. The lowest BCUT2D eigenvalue weighted by Gasteiger charge is -2.23. The van der Waals surface area contributed by atoms with Gasteiger partial charge in [-0.25, -0.2) is 9.97 Å². The maximum absolute atomic E-state index is 6.11. The van der Waals surface area contributed by atoms with Crippen molar-refractivity contribution in [2.24, 2.45) is 0 Å². The largest absolute Gasteiger partial charge is 0.474 e. The van der Waals surface area contributed by atoms with Gasteiger partial charge < -0.3 is 20.5 Å². The molecule has 3 heterocycles. The van der Waals surface area contributed by atoms with Gasteiger partial charge in [0, 0.05) is 24.8 Å². The molecule has 8 nitrogen and oxygen atoms in total. The highest BCUT2D eigenvalue weighted by Crippen LogP contribution is 2.32. The molecule has 8 heteroatoms. The van der Waals surface area contributed by atoms with Gasteiger partial charge in [-0.2, -0.15) is 5.10 Å². The minimum absolute atomic E-state index is 0.0106. The Labute approximate surface area is 157 Å². The van der Waals surface area contributed by atoms with Crippen molar-refractivity contribution in [3.05, 3.63) is 54.6 Å². The number of hydrogen-bond donors (Lipinski definition) is 2. The van der Waals surface area contributed by atoms with Crippen LogP contribution in [0.2, 0.25) is 0 Å². The van der Waals surface area contributed by atoms with Crippen molar-refractivity contribution in [1.82, 2.24) is 25.1 Å².